The summed E-state index contributed by atoms with van der Waals surface area (Å²) in [5, 5.41) is 4.27. The number of piperazine rings is 1. The van der Waals surface area contributed by atoms with E-state index in [4.69, 9.17) is 23.2 Å². The Kier molecular flexibility index (Phi) is 6.23. The minimum atomic E-state index is -0.0731. The van der Waals surface area contributed by atoms with Gasteiger partial charge in [-0.3, -0.25) is 4.90 Å². The Hall–Kier alpha value is -1.27. The highest BCUT2D eigenvalue weighted by molar-refractivity contribution is 9.10. The summed E-state index contributed by atoms with van der Waals surface area (Å²) in [5.74, 6) is 0. The molecule has 3 rings (SSSR count). The van der Waals surface area contributed by atoms with E-state index in [1.54, 1.807) is 6.07 Å². The molecule has 1 N–H and O–H groups in total. The van der Waals surface area contributed by atoms with Crippen LogP contribution < -0.4 is 5.32 Å². The van der Waals surface area contributed by atoms with Crippen molar-refractivity contribution in [1.82, 2.24) is 9.80 Å². The van der Waals surface area contributed by atoms with E-state index < -0.39 is 0 Å². The minimum absolute atomic E-state index is 0.0731. The van der Waals surface area contributed by atoms with Gasteiger partial charge in [-0.05, 0) is 45.8 Å². The van der Waals surface area contributed by atoms with E-state index in [2.05, 4.69) is 26.1 Å². The Morgan fingerprint density at radius 1 is 1.08 bits per heavy atom. The van der Waals surface area contributed by atoms with Gasteiger partial charge in [0.1, 0.15) is 0 Å². The predicted octanol–water partition coefficient (Wildman–Crippen LogP) is 5.11. The molecular formula is C18H18BrCl2N3O. The number of rotatable bonds is 3. The largest absolute Gasteiger partial charge is 0.322 e. The SMILES string of the molecule is O=C(Nc1ccccc1Br)N1CCN(Cc2ccc(Cl)cc2Cl)CC1. The summed E-state index contributed by atoms with van der Waals surface area (Å²) < 4.78 is 0.874. The number of amides is 2. The number of nitrogens with one attached hydrogen (secondary N) is 1. The zero-order chi connectivity index (χ0) is 17.8. The fourth-order valence-electron chi connectivity index (χ4n) is 2.76. The van der Waals surface area contributed by atoms with Gasteiger partial charge in [0.25, 0.3) is 0 Å². The van der Waals surface area contributed by atoms with Gasteiger partial charge in [-0.1, -0.05) is 41.4 Å². The molecule has 0 aliphatic carbocycles. The lowest BCUT2D eigenvalue weighted by Crippen LogP contribution is -2.49. The van der Waals surface area contributed by atoms with Gasteiger partial charge in [0.05, 0.1) is 5.69 Å². The standard InChI is InChI=1S/C18H18BrCl2N3O/c19-15-3-1-2-4-17(15)22-18(25)24-9-7-23(8-10-24)12-13-5-6-14(20)11-16(13)21/h1-6,11H,7-10,12H2,(H,22,25). The number of halogens is 3. The highest BCUT2D eigenvalue weighted by Crippen LogP contribution is 2.24. The number of nitrogens with zero attached hydrogens (tertiary/aromatic N) is 2. The number of para-hydroxylation sites is 1. The second kappa shape index (κ2) is 8.41. The normalized spacial score (nSPS) is 15.2. The third-order valence-electron chi connectivity index (χ3n) is 4.18. The molecule has 1 aliphatic heterocycles. The fourth-order valence-corrected chi connectivity index (χ4v) is 3.61. The first-order chi connectivity index (χ1) is 12.0. The van der Waals surface area contributed by atoms with Crippen molar-refractivity contribution in [2.75, 3.05) is 31.5 Å². The fraction of sp³-hybridized carbons (Fsp3) is 0.278. The van der Waals surface area contributed by atoms with Gasteiger partial charge in [0.15, 0.2) is 0 Å². The van der Waals surface area contributed by atoms with E-state index in [1.807, 2.05) is 41.3 Å². The molecule has 0 saturated carbocycles. The van der Waals surface area contributed by atoms with Crippen LogP contribution in [0.3, 0.4) is 0 Å². The molecule has 0 radical (unpaired) electrons. The van der Waals surface area contributed by atoms with E-state index in [0.29, 0.717) is 23.1 Å². The lowest BCUT2D eigenvalue weighted by molar-refractivity contribution is 0.143. The Bertz CT molecular complexity index is 764. The number of hydrogen-bond donors (Lipinski definition) is 1. The molecule has 2 aromatic rings. The van der Waals surface area contributed by atoms with Crippen molar-refractivity contribution in [1.29, 1.82) is 0 Å². The van der Waals surface area contributed by atoms with Crippen molar-refractivity contribution in [2.24, 2.45) is 0 Å². The molecular weight excluding hydrogens is 425 g/mol. The molecule has 0 atom stereocenters. The van der Waals surface area contributed by atoms with Crippen LogP contribution in [0.4, 0.5) is 10.5 Å². The molecule has 1 aliphatic rings. The van der Waals surface area contributed by atoms with Crippen molar-refractivity contribution in [2.45, 2.75) is 6.54 Å². The summed E-state index contributed by atoms with van der Waals surface area (Å²) in [5.41, 5.74) is 1.83. The quantitative estimate of drug-likeness (QED) is 0.717. The van der Waals surface area contributed by atoms with Crippen LogP contribution in [0.15, 0.2) is 46.9 Å². The molecule has 2 amide bonds. The lowest BCUT2D eigenvalue weighted by atomic mass is 10.2. The number of carbonyl (C=O) groups is 1. The number of urea groups is 1. The van der Waals surface area contributed by atoms with Crippen LogP contribution in [0, 0.1) is 0 Å². The van der Waals surface area contributed by atoms with E-state index in [-0.39, 0.29) is 6.03 Å². The van der Waals surface area contributed by atoms with Crippen LogP contribution in [-0.4, -0.2) is 42.0 Å². The molecule has 0 spiro atoms. The third kappa shape index (κ3) is 4.88. The number of benzene rings is 2. The molecule has 25 heavy (non-hydrogen) atoms. The highest BCUT2D eigenvalue weighted by Gasteiger charge is 2.22. The number of hydrogen-bond acceptors (Lipinski definition) is 2. The predicted molar refractivity (Wildman–Crippen MR) is 106 cm³/mol. The van der Waals surface area contributed by atoms with E-state index in [9.17, 15) is 4.79 Å². The molecule has 1 saturated heterocycles. The molecule has 2 aromatic carbocycles. The second-order valence-electron chi connectivity index (χ2n) is 5.91. The summed E-state index contributed by atoms with van der Waals surface area (Å²) in [6.45, 7) is 3.74. The van der Waals surface area contributed by atoms with Crippen LogP contribution >= 0.6 is 39.1 Å². The minimum Gasteiger partial charge on any atom is -0.322 e. The molecule has 132 valence electrons. The Labute approximate surface area is 165 Å². The van der Waals surface area contributed by atoms with Crippen molar-refractivity contribution in [3.63, 3.8) is 0 Å². The third-order valence-corrected chi connectivity index (χ3v) is 5.46. The van der Waals surface area contributed by atoms with Crippen molar-refractivity contribution in [3.8, 4) is 0 Å². The summed E-state index contributed by atoms with van der Waals surface area (Å²) in [4.78, 5) is 16.5. The maximum absolute atomic E-state index is 12.4. The summed E-state index contributed by atoms with van der Waals surface area (Å²) in [7, 11) is 0. The average molecular weight is 443 g/mol. The van der Waals surface area contributed by atoms with Gasteiger partial charge in [-0.15, -0.1) is 0 Å². The maximum atomic E-state index is 12.4. The van der Waals surface area contributed by atoms with Crippen LogP contribution in [0.5, 0.6) is 0 Å². The zero-order valence-corrected chi connectivity index (χ0v) is 16.6. The molecule has 1 heterocycles. The topological polar surface area (TPSA) is 35.6 Å². The number of carbonyl (C=O) groups excluding carboxylic acids is 1. The maximum Gasteiger partial charge on any atom is 0.321 e. The zero-order valence-electron chi connectivity index (χ0n) is 13.5. The van der Waals surface area contributed by atoms with Gasteiger partial charge in [-0.25, -0.2) is 4.79 Å². The Morgan fingerprint density at radius 2 is 1.80 bits per heavy atom. The van der Waals surface area contributed by atoms with Crippen molar-refractivity contribution >= 4 is 50.9 Å². The molecule has 4 nitrogen and oxygen atoms in total. The van der Waals surface area contributed by atoms with E-state index in [1.165, 1.54) is 0 Å². The molecule has 0 aromatic heterocycles. The highest BCUT2D eigenvalue weighted by atomic mass is 79.9. The van der Waals surface area contributed by atoms with Crippen molar-refractivity contribution < 1.29 is 4.79 Å². The van der Waals surface area contributed by atoms with E-state index >= 15 is 0 Å². The molecule has 7 heteroatoms. The van der Waals surface area contributed by atoms with Crippen LogP contribution in [0.2, 0.25) is 10.0 Å². The lowest BCUT2D eigenvalue weighted by Gasteiger charge is -2.34. The Morgan fingerprint density at radius 3 is 2.48 bits per heavy atom. The first-order valence-electron chi connectivity index (χ1n) is 7.99. The van der Waals surface area contributed by atoms with E-state index in [0.717, 1.165) is 35.4 Å². The second-order valence-corrected chi connectivity index (χ2v) is 7.61. The van der Waals surface area contributed by atoms with Crippen LogP contribution in [0.1, 0.15) is 5.56 Å². The van der Waals surface area contributed by atoms with Crippen molar-refractivity contribution in [3.05, 3.63) is 62.5 Å². The molecule has 1 fully saturated rings. The monoisotopic (exact) mass is 441 g/mol. The summed E-state index contributed by atoms with van der Waals surface area (Å²) >= 11 is 15.6. The van der Waals surface area contributed by atoms with Crippen LogP contribution in [0.25, 0.3) is 0 Å². The summed E-state index contributed by atoms with van der Waals surface area (Å²) in [6, 6.07) is 13.1. The van der Waals surface area contributed by atoms with Gasteiger partial charge in [0.2, 0.25) is 0 Å². The summed E-state index contributed by atoms with van der Waals surface area (Å²) in [6.07, 6.45) is 0. The molecule has 0 unspecified atom stereocenters. The van der Waals surface area contributed by atoms with Gasteiger partial charge >= 0.3 is 6.03 Å². The van der Waals surface area contributed by atoms with Crippen LogP contribution in [-0.2, 0) is 6.54 Å². The average Bonchev–Trinajstić information content (AvgIpc) is 2.60. The van der Waals surface area contributed by atoms with Gasteiger partial charge in [-0.2, -0.15) is 0 Å². The number of anilines is 1. The first-order valence-corrected chi connectivity index (χ1v) is 9.54. The molecule has 0 bridgehead atoms. The van der Waals surface area contributed by atoms with Gasteiger partial charge < -0.3 is 10.2 Å². The smallest absolute Gasteiger partial charge is 0.321 e. The Balaban J connectivity index is 1.53. The first kappa shape index (κ1) is 18.5. The van der Waals surface area contributed by atoms with Gasteiger partial charge in [0, 0.05) is 47.2 Å².